The zero-order chi connectivity index (χ0) is 51.2. The van der Waals surface area contributed by atoms with Crippen molar-refractivity contribution < 1.29 is 71.0 Å². The monoisotopic (exact) mass is 1030 g/mol. The second-order valence-electron chi connectivity index (χ2n) is 18.5. The molecule has 0 amide bonds. The number of nitrogen functional groups attached to an aromatic ring is 1. The minimum atomic E-state index is -5.44. The lowest BCUT2D eigenvalue weighted by molar-refractivity contribution is -0.161. The van der Waals surface area contributed by atoms with Crippen LogP contribution in [0.5, 0.6) is 0 Å². The Bertz CT molecular complexity index is 1900. The van der Waals surface area contributed by atoms with Crippen molar-refractivity contribution in [1.29, 1.82) is 0 Å². The molecule has 6 N–H and O–H groups in total. The van der Waals surface area contributed by atoms with Crippen LogP contribution >= 0.6 is 15.6 Å². The van der Waals surface area contributed by atoms with E-state index in [4.69, 9.17) is 33.7 Å². The van der Waals surface area contributed by atoms with E-state index in [2.05, 4.69) is 54.4 Å². The van der Waals surface area contributed by atoms with Crippen LogP contribution in [0.15, 0.2) is 53.5 Å². The van der Waals surface area contributed by atoms with Crippen LogP contribution in [0.1, 0.15) is 175 Å². The molecule has 0 bridgehead atoms. The highest BCUT2D eigenvalue weighted by molar-refractivity contribution is 7.61. The summed E-state index contributed by atoms with van der Waals surface area (Å²) in [6, 6.07) is 1.24. The van der Waals surface area contributed by atoms with Crippen LogP contribution in [-0.4, -0.2) is 97.9 Å². The number of esters is 2. The molecule has 1 aromatic heterocycles. The molecule has 2 saturated heterocycles. The van der Waals surface area contributed by atoms with Gasteiger partial charge in [0.05, 0.1) is 25.4 Å². The average Bonchev–Trinajstić information content (AvgIpc) is 3.99. The SMILES string of the molecule is CCCCCC1OC1C/C=C\C/C=C\C/C=C\CCCC(=O)O[C@H](COC(=O)CCCCCCCCCCCCCC(C)C)COP(=O)(O)OP(=O)(O)OC[C@H]1O[C@@H](n2ccc(N)nc2=O)[C@H](O)[C@@H]1O. The minimum absolute atomic E-state index is 0.0288. The van der Waals surface area contributed by atoms with Gasteiger partial charge in [0.15, 0.2) is 12.3 Å². The Morgan fingerprint density at radius 2 is 1.37 bits per heavy atom. The lowest BCUT2D eigenvalue weighted by Gasteiger charge is -2.21. The van der Waals surface area contributed by atoms with E-state index >= 15 is 0 Å². The number of nitrogens with zero attached hydrogens (tertiary/aromatic N) is 2. The molecular formula is C49H83N3O16P2. The molecule has 19 nitrogen and oxygen atoms in total. The van der Waals surface area contributed by atoms with Crippen LogP contribution in [0.3, 0.4) is 0 Å². The van der Waals surface area contributed by atoms with E-state index in [1.165, 1.54) is 70.3 Å². The number of aliphatic hydroxyl groups is 2. The summed E-state index contributed by atoms with van der Waals surface area (Å²) in [4.78, 5) is 61.9. The summed E-state index contributed by atoms with van der Waals surface area (Å²) in [5.41, 5.74) is 4.58. The van der Waals surface area contributed by atoms with Gasteiger partial charge in [0.2, 0.25) is 0 Å². The molecule has 400 valence electrons. The second kappa shape index (κ2) is 34.4. The number of nitrogens with two attached hydrogens (primary N) is 1. The van der Waals surface area contributed by atoms with Gasteiger partial charge in [0.25, 0.3) is 0 Å². The Morgan fingerprint density at radius 3 is 2.03 bits per heavy atom. The Hall–Kier alpha value is -3.06. The summed E-state index contributed by atoms with van der Waals surface area (Å²) in [5, 5.41) is 20.9. The molecule has 2 aliphatic rings. The fourth-order valence-electron chi connectivity index (χ4n) is 7.76. The molecule has 2 fully saturated rings. The number of allylic oxidation sites excluding steroid dienone is 5. The Balaban J connectivity index is 1.41. The Labute approximate surface area is 414 Å². The van der Waals surface area contributed by atoms with Crippen LogP contribution in [0.25, 0.3) is 0 Å². The maximum Gasteiger partial charge on any atom is 0.481 e. The number of hydrogen-bond acceptors (Lipinski definition) is 16. The molecule has 21 heteroatoms. The smallest absolute Gasteiger partial charge is 0.462 e. The van der Waals surface area contributed by atoms with Gasteiger partial charge in [0, 0.05) is 19.0 Å². The van der Waals surface area contributed by atoms with Crippen molar-refractivity contribution in [2.75, 3.05) is 25.6 Å². The van der Waals surface area contributed by atoms with Crippen LogP contribution in [0, 0.1) is 5.92 Å². The van der Waals surface area contributed by atoms with Crippen LogP contribution in [0.2, 0.25) is 0 Å². The molecule has 3 rings (SSSR count). The van der Waals surface area contributed by atoms with E-state index in [-0.39, 0.29) is 18.7 Å². The van der Waals surface area contributed by atoms with Gasteiger partial charge in [0.1, 0.15) is 30.7 Å². The number of aliphatic hydroxyl groups excluding tert-OH is 2. The molecule has 0 saturated carbocycles. The fourth-order valence-corrected chi connectivity index (χ4v) is 9.87. The van der Waals surface area contributed by atoms with Gasteiger partial charge in [-0.15, -0.1) is 0 Å². The fraction of sp³-hybridized carbons (Fsp3) is 0.755. The van der Waals surface area contributed by atoms with E-state index in [1.54, 1.807) is 0 Å². The molecular weight excluding hydrogens is 948 g/mol. The van der Waals surface area contributed by atoms with Crippen molar-refractivity contribution in [3.05, 3.63) is 59.2 Å². The number of anilines is 1. The van der Waals surface area contributed by atoms with Crippen molar-refractivity contribution >= 4 is 33.4 Å². The molecule has 0 spiro atoms. The molecule has 0 radical (unpaired) electrons. The number of rotatable bonds is 40. The highest BCUT2D eigenvalue weighted by atomic mass is 31.3. The number of unbranched alkanes of at least 4 members (excludes halogenated alkanes) is 13. The van der Waals surface area contributed by atoms with Gasteiger partial charge in [-0.25, -0.2) is 13.9 Å². The van der Waals surface area contributed by atoms with E-state index in [0.29, 0.717) is 31.5 Å². The standard InChI is InChI=1S/C49H83N3O16P2/c1-4-5-23-29-40-41(66-40)30-25-20-16-12-9-10-14-18-22-27-32-45(54)65-39(35-62-44(53)31-26-21-17-13-8-6-7-11-15-19-24-28-38(2)3)36-63-69(58,59)68-70(60,61)64-37-42-46(55)47(56)48(67-42)52-34-33-43(50)51-49(52)57/h9,12,14,18,20,25,33-34,38-42,46-48,55-56H,4-8,10-11,13,15-17,19,21-24,26-32,35-37H2,1-3H3,(H,58,59)(H,60,61)(H2,50,51,57)/b12-9-,18-14-,25-20-/t39-,40?,41?,42-,46-,47-,48-/m1/s1. The molecule has 2 aliphatic heterocycles. The average molecular weight is 1030 g/mol. The van der Waals surface area contributed by atoms with Gasteiger partial charge in [-0.2, -0.15) is 9.29 Å². The topological polar surface area (TPSA) is 278 Å². The van der Waals surface area contributed by atoms with Crippen molar-refractivity contribution in [2.45, 2.75) is 211 Å². The lowest BCUT2D eigenvalue weighted by atomic mass is 10.0. The van der Waals surface area contributed by atoms with Crippen molar-refractivity contribution in [3.63, 3.8) is 0 Å². The number of hydrogen-bond donors (Lipinski definition) is 5. The van der Waals surface area contributed by atoms with Crippen LogP contribution in [-0.2, 0) is 51.0 Å². The number of epoxide rings is 1. The molecule has 70 heavy (non-hydrogen) atoms. The predicted molar refractivity (Wildman–Crippen MR) is 265 cm³/mol. The molecule has 4 unspecified atom stereocenters. The maximum absolute atomic E-state index is 12.8. The third-order valence-electron chi connectivity index (χ3n) is 11.8. The van der Waals surface area contributed by atoms with E-state index in [9.17, 15) is 43.5 Å². The number of phosphoric ester groups is 2. The van der Waals surface area contributed by atoms with E-state index in [1.807, 2.05) is 12.2 Å². The first-order valence-corrected chi connectivity index (χ1v) is 28.5. The Kier molecular flexibility index (Phi) is 30.1. The molecule has 0 aliphatic carbocycles. The number of ether oxygens (including phenoxy) is 4. The lowest BCUT2D eigenvalue weighted by Crippen LogP contribution is -2.36. The Morgan fingerprint density at radius 1 is 0.757 bits per heavy atom. The highest BCUT2D eigenvalue weighted by Gasteiger charge is 2.46. The molecule has 9 atom stereocenters. The van der Waals surface area contributed by atoms with Gasteiger partial charge in [-0.3, -0.25) is 23.2 Å². The van der Waals surface area contributed by atoms with Crippen molar-refractivity contribution in [3.8, 4) is 0 Å². The van der Waals surface area contributed by atoms with Gasteiger partial charge in [-0.05, 0) is 56.9 Å². The number of carbonyl (C=O) groups excluding carboxylic acids is 2. The minimum Gasteiger partial charge on any atom is -0.462 e. The van der Waals surface area contributed by atoms with Crippen LogP contribution < -0.4 is 11.4 Å². The third kappa shape index (κ3) is 27.1. The maximum atomic E-state index is 12.8. The summed E-state index contributed by atoms with van der Waals surface area (Å²) >= 11 is 0. The molecule has 1 aromatic rings. The first-order valence-electron chi connectivity index (χ1n) is 25.5. The van der Waals surface area contributed by atoms with Gasteiger partial charge < -0.3 is 44.7 Å². The largest absolute Gasteiger partial charge is 0.481 e. The normalized spacial score (nSPS) is 22.5. The highest BCUT2D eigenvalue weighted by Crippen LogP contribution is 2.60. The van der Waals surface area contributed by atoms with Gasteiger partial charge in [-0.1, -0.05) is 147 Å². The third-order valence-corrected chi connectivity index (χ3v) is 14.4. The van der Waals surface area contributed by atoms with Gasteiger partial charge >= 0.3 is 33.3 Å². The summed E-state index contributed by atoms with van der Waals surface area (Å²) in [5.74, 6) is -0.603. The van der Waals surface area contributed by atoms with Crippen molar-refractivity contribution in [1.82, 2.24) is 9.55 Å². The number of phosphoric acid groups is 2. The predicted octanol–water partition coefficient (Wildman–Crippen LogP) is 9.23. The summed E-state index contributed by atoms with van der Waals surface area (Å²) in [6.45, 7) is 4.36. The zero-order valence-corrected chi connectivity index (χ0v) is 43.5. The quantitative estimate of drug-likeness (QED) is 0.0135. The number of carbonyl (C=O) groups is 2. The molecule has 3 heterocycles. The molecule has 0 aromatic carbocycles. The van der Waals surface area contributed by atoms with Crippen molar-refractivity contribution in [2.24, 2.45) is 5.92 Å². The zero-order valence-electron chi connectivity index (χ0n) is 41.7. The van der Waals surface area contributed by atoms with E-state index in [0.717, 1.165) is 68.0 Å². The number of aromatic nitrogens is 2. The first-order chi connectivity index (χ1) is 33.5. The van der Waals surface area contributed by atoms with Crippen LogP contribution in [0.4, 0.5) is 5.82 Å². The summed E-state index contributed by atoms with van der Waals surface area (Å²) in [6.07, 6.45) is 28.5. The summed E-state index contributed by atoms with van der Waals surface area (Å²) < 4.78 is 62.5. The first kappa shape index (κ1) is 61.2. The second-order valence-corrected chi connectivity index (χ2v) is 21.6. The van der Waals surface area contributed by atoms with E-state index < -0.39 is 83.7 Å². The summed E-state index contributed by atoms with van der Waals surface area (Å²) in [7, 11) is -10.9.